The number of aryl methyl sites for hydroxylation is 1. The highest BCUT2D eigenvalue weighted by molar-refractivity contribution is 5.94. The molecule has 5 nitrogen and oxygen atoms in total. The van der Waals surface area contributed by atoms with E-state index in [2.05, 4.69) is 11.3 Å². The van der Waals surface area contributed by atoms with Gasteiger partial charge in [0.05, 0.1) is 18.4 Å². The van der Waals surface area contributed by atoms with Gasteiger partial charge in [-0.1, -0.05) is 0 Å². The summed E-state index contributed by atoms with van der Waals surface area (Å²) in [6.45, 7) is 2.07. The number of amides is 1. The molecule has 1 unspecified atom stereocenters. The number of hydrogen-bond donors (Lipinski definition) is 0. The molecule has 2 saturated heterocycles. The van der Waals surface area contributed by atoms with Crippen LogP contribution < -0.4 is 0 Å². The van der Waals surface area contributed by atoms with E-state index in [-0.39, 0.29) is 17.3 Å². The summed E-state index contributed by atoms with van der Waals surface area (Å²) in [5.74, 6) is 0.0275. The third-order valence-electron chi connectivity index (χ3n) is 5.46. The topological polar surface area (TPSA) is 47.4 Å². The van der Waals surface area contributed by atoms with Gasteiger partial charge >= 0.3 is 0 Å². The number of likely N-dealkylation sites (tertiary alicyclic amines) is 1. The van der Waals surface area contributed by atoms with Crippen LogP contribution in [0.5, 0.6) is 0 Å². The quantitative estimate of drug-likeness (QED) is 0.842. The van der Waals surface area contributed by atoms with E-state index in [0.717, 1.165) is 25.9 Å². The van der Waals surface area contributed by atoms with E-state index in [0.29, 0.717) is 24.6 Å². The zero-order valence-electron chi connectivity index (χ0n) is 14.3. The molecule has 132 valence electrons. The van der Waals surface area contributed by atoms with Gasteiger partial charge in [-0.3, -0.25) is 9.48 Å². The van der Waals surface area contributed by atoms with E-state index in [1.807, 2.05) is 22.8 Å². The van der Waals surface area contributed by atoms with Crippen molar-refractivity contribution in [2.75, 3.05) is 19.7 Å². The van der Waals surface area contributed by atoms with Gasteiger partial charge in [-0.25, -0.2) is 4.39 Å². The van der Waals surface area contributed by atoms with Crippen molar-refractivity contribution in [1.29, 1.82) is 0 Å². The van der Waals surface area contributed by atoms with Crippen molar-refractivity contribution in [1.82, 2.24) is 14.7 Å². The van der Waals surface area contributed by atoms with E-state index in [9.17, 15) is 9.18 Å². The Kier molecular flexibility index (Phi) is 4.07. The van der Waals surface area contributed by atoms with Crippen LogP contribution in [0.3, 0.4) is 0 Å². The molecule has 1 spiro atoms. The summed E-state index contributed by atoms with van der Waals surface area (Å²) in [5.41, 5.74) is 1.64. The van der Waals surface area contributed by atoms with Crippen molar-refractivity contribution in [3.8, 4) is 0 Å². The third kappa shape index (κ3) is 3.18. The van der Waals surface area contributed by atoms with Gasteiger partial charge in [0, 0.05) is 37.8 Å². The van der Waals surface area contributed by atoms with E-state index < -0.39 is 0 Å². The summed E-state index contributed by atoms with van der Waals surface area (Å²) in [6.07, 6.45) is 6.64. The van der Waals surface area contributed by atoms with Crippen molar-refractivity contribution < 1.29 is 13.9 Å². The number of piperidine rings is 1. The van der Waals surface area contributed by atoms with Crippen LogP contribution in [0.15, 0.2) is 36.7 Å². The van der Waals surface area contributed by atoms with Crippen LogP contribution in [-0.2, 0) is 11.8 Å². The van der Waals surface area contributed by atoms with Crippen LogP contribution in [0.1, 0.15) is 41.1 Å². The average Bonchev–Trinajstić information content (AvgIpc) is 3.23. The van der Waals surface area contributed by atoms with E-state index in [1.165, 1.54) is 17.7 Å². The molecule has 0 N–H and O–H groups in total. The van der Waals surface area contributed by atoms with Crippen LogP contribution in [0.2, 0.25) is 0 Å². The Morgan fingerprint density at radius 2 is 2.00 bits per heavy atom. The standard InChI is InChI=1S/C19H22FN3O2/c1-22-12-16(11-21-22)15-10-19(25-13-15)6-8-23(9-7-19)18(24)14-2-4-17(20)5-3-14/h2-5,11-12,15H,6-10,13H2,1H3. The van der Waals surface area contributed by atoms with E-state index in [1.54, 1.807) is 12.1 Å². The van der Waals surface area contributed by atoms with E-state index >= 15 is 0 Å². The number of carbonyl (C=O) groups is 1. The third-order valence-corrected chi connectivity index (χ3v) is 5.46. The Labute approximate surface area is 146 Å². The molecule has 1 aromatic heterocycles. The van der Waals surface area contributed by atoms with Crippen molar-refractivity contribution in [3.05, 3.63) is 53.6 Å². The molecule has 0 aliphatic carbocycles. The molecule has 0 saturated carbocycles. The first-order valence-corrected chi connectivity index (χ1v) is 8.72. The summed E-state index contributed by atoms with van der Waals surface area (Å²) >= 11 is 0. The largest absolute Gasteiger partial charge is 0.374 e. The van der Waals surface area contributed by atoms with Gasteiger partial charge in [-0.05, 0) is 49.1 Å². The second kappa shape index (κ2) is 6.26. The second-order valence-corrected chi connectivity index (χ2v) is 7.14. The van der Waals surface area contributed by atoms with Gasteiger partial charge in [0.2, 0.25) is 0 Å². The van der Waals surface area contributed by atoms with Gasteiger partial charge in [-0.2, -0.15) is 5.10 Å². The molecule has 4 rings (SSSR count). The van der Waals surface area contributed by atoms with Crippen molar-refractivity contribution in [2.45, 2.75) is 30.8 Å². The van der Waals surface area contributed by atoms with Crippen LogP contribution in [0.4, 0.5) is 4.39 Å². The normalized spacial score (nSPS) is 22.5. The van der Waals surface area contributed by atoms with Crippen LogP contribution in [-0.4, -0.2) is 45.9 Å². The van der Waals surface area contributed by atoms with Crippen LogP contribution >= 0.6 is 0 Å². The minimum absolute atomic E-state index is 0.0309. The smallest absolute Gasteiger partial charge is 0.253 e. The summed E-state index contributed by atoms with van der Waals surface area (Å²) in [7, 11) is 1.93. The lowest BCUT2D eigenvalue weighted by atomic mass is 9.83. The maximum atomic E-state index is 13.0. The molecule has 2 aliphatic heterocycles. The molecule has 2 aliphatic rings. The van der Waals surface area contributed by atoms with Gasteiger partial charge in [0.1, 0.15) is 5.82 Å². The molecule has 0 bridgehead atoms. The number of carbonyl (C=O) groups excluding carboxylic acids is 1. The summed E-state index contributed by atoms with van der Waals surface area (Å²) in [4.78, 5) is 14.4. The molecule has 6 heteroatoms. The lowest BCUT2D eigenvalue weighted by Crippen LogP contribution is -2.46. The Morgan fingerprint density at radius 1 is 1.28 bits per heavy atom. The van der Waals surface area contributed by atoms with Crippen molar-refractivity contribution in [2.24, 2.45) is 7.05 Å². The lowest BCUT2D eigenvalue weighted by molar-refractivity contribution is -0.0388. The highest BCUT2D eigenvalue weighted by Gasteiger charge is 2.44. The Hall–Kier alpha value is -2.21. The molecule has 3 heterocycles. The predicted molar refractivity (Wildman–Crippen MR) is 90.8 cm³/mol. The first-order valence-electron chi connectivity index (χ1n) is 8.72. The monoisotopic (exact) mass is 343 g/mol. The number of aromatic nitrogens is 2. The van der Waals surface area contributed by atoms with Crippen molar-refractivity contribution in [3.63, 3.8) is 0 Å². The fourth-order valence-electron chi connectivity index (χ4n) is 3.95. The van der Waals surface area contributed by atoms with E-state index in [4.69, 9.17) is 4.74 Å². The summed E-state index contributed by atoms with van der Waals surface area (Å²) < 4.78 is 21.0. The number of ether oxygens (including phenoxy) is 1. The minimum atomic E-state index is -0.324. The van der Waals surface area contributed by atoms with Crippen molar-refractivity contribution >= 4 is 5.91 Å². The molecule has 0 radical (unpaired) electrons. The molecular weight excluding hydrogens is 321 g/mol. The van der Waals surface area contributed by atoms with Gasteiger partial charge in [0.15, 0.2) is 0 Å². The second-order valence-electron chi connectivity index (χ2n) is 7.14. The molecule has 2 aromatic rings. The zero-order chi connectivity index (χ0) is 17.4. The van der Waals surface area contributed by atoms with Gasteiger partial charge in [-0.15, -0.1) is 0 Å². The minimum Gasteiger partial charge on any atom is -0.374 e. The number of halogens is 1. The number of nitrogens with zero attached hydrogens (tertiary/aromatic N) is 3. The molecule has 1 amide bonds. The molecular formula is C19H22FN3O2. The molecule has 1 aromatic carbocycles. The molecule has 1 atom stereocenters. The number of rotatable bonds is 2. The fourth-order valence-corrected chi connectivity index (χ4v) is 3.95. The fraction of sp³-hybridized carbons (Fsp3) is 0.474. The van der Waals surface area contributed by atoms with Crippen LogP contribution in [0.25, 0.3) is 0 Å². The first-order chi connectivity index (χ1) is 12.0. The summed E-state index contributed by atoms with van der Waals surface area (Å²) in [6, 6.07) is 5.76. The summed E-state index contributed by atoms with van der Waals surface area (Å²) in [5, 5.41) is 4.25. The molecule has 2 fully saturated rings. The highest BCUT2D eigenvalue weighted by Crippen LogP contribution is 2.42. The Morgan fingerprint density at radius 3 is 2.64 bits per heavy atom. The predicted octanol–water partition coefficient (Wildman–Crippen LogP) is 2.74. The Balaban J connectivity index is 1.38. The Bertz CT molecular complexity index is 763. The van der Waals surface area contributed by atoms with Gasteiger partial charge < -0.3 is 9.64 Å². The SMILES string of the molecule is Cn1cc(C2COC3(CCN(C(=O)c4ccc(F)cc4)CC3)C2)cn1. The first kappa shape index (κ1) is 16.3. The van der Waals surface area contributed by atoms with Crippen LogP contribution in [0, 0.1) is 5.82 Å². The maximum absolute atomic E-state index is 13.0. The average molecular weight is 343 g/mol. The number of hydrogen-bond acceptors (Lipinski definition) is 3. The number of benzene rings is 1. The zero-order valence-corrected chi connectivity index (χ0v) is 14.3. The lowest BCUT2D eigenvalue weighted by Gasteiger charge is -2.38. The highest BCUT2D eigenvalue weighted by atomic mass is 19.1. The van der Waals surface area contributed by atoms with Gasteiger partial charge in [0.25, 0.3) is 5.91 Å². The molecule has 25 heavy (non-hydrogen) atoms. The maximum Gasteiger partial charge on any atom is 0.253 e.